The van der Waals surface area contributed by atoms with E-state index in [1.807, 2.05) is 26.8 Å². The zero-order chi connectivity index (χ0) is 13.9. The van der Waals surface area contributed by atoms with Gasteiger partial charge in [0.25, 0.3) is 0 Å². The normalized spacial score (nSPS) is 9.44. The van der Waals surface area contributed by atoms with Crippen LogP contribution in [0.2, 0.25) is 0 Å². The van der Waals surface area contributed by atoms with Crippen LogP contribution in [0.4, 0.5) is 0 Å². The predicted molar refractivity (Wildman–Crippen MR) is 73.0 cm³/mol. The van der Waals surface area contributed by atoms with Crippen LogP contribution in [-0.2, 0) is 0 Å². The van der Waals surface area contributed by atoms with E-state index in [1.165, 1.54) is 0 Å². The van der Waals surface area contributed by atoms with Gasteiger partial charge in [0.05, 0.1) is 7.11 Å². The van der Waals surface area contributed by atoms with Gasteiger partial charge in [-0.25, -0.2) is 0 Å². The van der Waals surface area contributed by atoms with Gasteiger partial charge < -0.3 is 9.64 Å². The Hall–Kier alpha value is -1.95. The number of methoxy groups -OCH3 is 1. The molecule has 0 bridgehead atoms. The predicted octanol–water partition coefficient (Wildman–Crippen LogP) is 2.33. The molecule has 1 aromatic carbocycles. The first-order chi connectivity index (χ1) is 8.38. The van der Waals surface area contributed by atoms with Gasteiger partial charge >= 0.3 is 0 Å². The zero-order valence-electron chi connectivity index (χ0n) is 11.8. The van der Waals surface area contributed by atoms with Crippen molar-refractivity contribution in [3.05, 3.63) is 28.3 Å². The molecule has 3 nitrogen and oxygen atoms in total. The van der Waals surface area contributed by atoms with E-state index >= 15 is 0 Å². The highest BCUT2D eigenvalue weighted by atomic mass is 16.5. The number of rotatable bonds is 2. The van der Waals surface area contributed by atoms with Crippen LogP contribution in [0.15, 0.2) is 6.07 Å². The van der Waals surface area contributed by atoms with Crippen LogP contribution < -0.4 is 4.74 Å². The first-order valence-electron chi connectivity index (χ1n) is 5.76. The molecule has 0 saturated heterocycles. The molecule has 3 heteroatoms. The summed E-state index contributed by atoms with van der Waals surface area (Å²) >= 11 is 0. The Bertz CT molecular complexity index is 534. The van der Waals surface area contributed by atoms with Gasteiger partial charge in [0.1, 0.15) is 5.75 Å². The summed E-state index contributed by atoms with van der Waals surface area (Å²) in [5.74, 6) is 3.31. The van der Waals surface area contributed by atoms with E-state index in [0.29, 0.717) is 5.56 Å². The quantitative estimate of drug-likeness (QED) is 0.455. The van der Waals surface area contributed by atoms with Crippen molar-refractivity contribution in [1.29, 1.82) is 0 Å². The fraction of sp³-hybridized carbons (Fsp3) is 0.400. The zero-order valence-corrected chi connectivity index (χ0v) is 11.8. The van der Waals surface area contributed by atoms with E-state index < -0.39 is 0 Å². The molecule has 0 N–H and O–H groups in total. The van der Waals surface area contributed by atoms with Crippen LogP contribution in [0.1, 0.15) is 27.0 Å². The molecule has 0 aliphatic rings. The van der Waals surface area contributed by atoms with E-state index in [4.69, 9.17) is 4.74 Å². The molecule has 0 fully saturated rings. The number of hydrogen-bond donors (Lipinski definition) is 0. The summed E-state index contributed by atoms with van der Waals surface area (Å²) in [6.07, 6.45) is 0. The van der Waals surface area contributed by atoms with E-state index in [9.17, 15) is 4.79 Å². The van der Waals surface area contributed by atoms with Gasteiger partial charge in [-0.2, -0.15) is 0 Å². The third kappa shape index (κ3) is 2.84. The van der Waals surface area contributed by atoms with Gasteiger partial charge in [0.2, 0.25) is 5.78 Å². The largest absolute Gasteiger partial charge is 0.496 e. The Morgan fingerprint density at radius 2 is 1.83 bits per heavy atom. The highest BCUT2D eigenvalue weighted by Crippen LogP contribution is 2.28. The average molecular weight is 245 g/mol. The molecule has 0 aliphatic heterocycles. The van der Waals surface area contributed by atoms with E-state index in [1.54, 1.807) is 26.1 Å². The Kier molecular flexibility index (Phi) is 4.38. The molecule has 96 valence electrons. The summed E-state index contributed by atoms with van der Waals surface area (Å²) in [4.78, 5) is 13.7. The lowest BCUT2D eigenvalue weighted by atomic mass is 9.96. The minimum atomic E-state index is -0.157. The second-order valence-electron chi connectivity index (χ2n) is 4.48. The minimum absolute atomic E-state index is 0.157. The number of carbonyl (C=O) groups excluding carboxylic acids is 1. The topological polar surface area (TPSA) is 29.5 Å². The molecule has 0 atom stereocenters. The number of Topliss-reactive ketones (excluding diaryl/α,β-unsaturated/α-hetero) is 1. The van der Waals surface area contributed by atoms with Crippen molar-refractivity contribution < 1.29 is 9.53 Å². The minimum Gasteiger partial charge on any atom is -0.496 e. The molecule has 0 saturated carbocycles. The van der Waals surface area contributed by atoms with E-state index in [-0.39, 0.29) is 5.78 Å². The second kappa shape index (κ2) is 5.59. The van der Waals surface area contributed by atoms with Gasteiger partial charge in [-0.3, -0.25) is 4.79 Å². The van der Waals surface area contributed by atoms with Crippen LogP contribution >= 0.6 is 0 Å². The molecular weight excluding hydrogens is 226 g/mol. The summed E-state index contributed by atoms with van der Waals surface area (Å²) in [5, 5.41) is 0. The summed E-state index contributed by atoms with van der Waals surface area (Å²) in [7, 11) is 5.25. The van der Waals surface area contributed by atoms with Gasteiger partial charge in [0, 0.05) is 25.7 Å². The Morgan fingerprint density at radius 3 is 2.33 bits per heavy atom. The van der Waals surface area contributed by atoms with Crippen molar-refractivity contribution in [2.75, 3.05) is 21.2 Å². The highest BCUT2D eigenvalue weighted by molar-refractivity contribution is 6.10. The molecule has 0 radical (unpaired) electrons. The van der Waals surface area contributed by atoms with Crippen LogP contribution in [0, 0.1) is 32.7 Å². The fourth-order valence-electron chi connectivity index (χ4n) is 1.84. The fourth-order valence-corrected chi connectivity index (χ4v) is 1.84. The Balaban J connectivity index is 3.29. The monoisotopic (exact) mass is 245 g/mol. The molecular formula is C15H19NO2. The summed E-state index contributed by atoms with van der Waals surface area (Å²) < 4.78 is 5.33. The lowest BCUT2D eigenvalue weighted by Crippen LogP contribution is -2.06. The van der Waals surface area contributed by atoms with Crippen LogP contribution in [0.25, 0.3) is 0 Å². The van der Waals surface area contributed by atoms with Crippen molar-refractivity contribution in [3.8, 4) is 17.7 Å². The molecule has 1 aromatic rings. The first kappa shape index (κ1) is 14.1. The first-order valence-corrected chi connectivity index (χ1v) is 5.76. The van der Waals surface area contributed by atoms with Gasteiger partial charge in [0.15, 0.2) is 0 Å². The van der Waals surface area contributed by atoms with Crippen LogP contribution in [0.3, 0.4) is 0 Å². The second-order valence-corrected chi connectivity index (χ2v) is 4.48. The standard InChI is InChI=1S/C15H19NO2/c1-10-9-13(14(17)7-8-16(4)5)11(2)12(3)15(10)18-6/h9H,1-6H3. The number of aryl methyl sites for hydroxylation is 1. The Morgan fingerprint density at radius 1 is 1.22 bits per heavy atom. The summed E-state index contributed by atoms with van der Waals surface area (Å²) in [6, 6.07) is 4.58. The molecule has 0 heterocycles. The van der Waals surface area contributed by atoms with Crippen molar-refractivity contribution >= 4 is 5.78 Å². The lowest BCUT2D eigenvalue weighted by molar-refractivity contribution is 0.105. The van der Waals surface area contributed by atoms with Gasteiger partial charge in [-0.05, 0) is 49.4 Å². The van der Waals surface area contributed by atoms with Crippen LogP contribution in [0.5, 0.6) is 5.75 Å². The molecule has 0 spiro atoms. The van der Waals surface area contributed by atoms with Crippen molar-refractivity contribution in [2.24, 2.45) is 0 Å². The maximum atomic E-state index is 12.0. The molecule has 0 aromatic heterocycles. The maximum absolute atomic E-state index is 12.0. The van der Waals surface area contributed by atoms with Crippen LogP contribution in [-0.4, -0.2) is 31.9 Å². The van der Waals surface area contributed by atoms with Crippen molar-refractivity contribution in [1.82, 2.24) is 4.90 Å². The Labute approximate surface area is 109 Å². The van der Waals surface area contributed by atoms with E-state index in [2.05, 4.69) is 12.0 Å². The number of benzene rings is 1. The van der Waals surface area contributed by atoms with E-state index in [0.717, 1.165) is 22.4 Å². The SMILES string of the molecule is COc1c(C)cc(C(=O)C#CN(C)C)c(C)c1C. The molecule has 18 heavy (non-hydrogen) atoms. The third-order valence-corrected chi connectivity index (χ3v) is 2.87. The molecule has 0 aliphatic carbocycles. The summed E-state index contributed by atoms with van der Waals surface area (Å²) in [6.45, 7) is 5.81. The smallest absolute Gasteiger partial charge is 0.237 e. The maximum Gasteiger partial charge on any atom is 0.237 e. The average Bonchev–Trinajstić information content (AvgIpc) is 2.31. The van der Waals surface area contributed by atoms with Crippen molar-refractivity contribution in [3.63, 3.8) is 0 Å². The summed E-state index contributed by atoms with van der Waals surface area (Å²) in [5.41, 5.74) is 3.53. The van der Waals surface area contributed by atoms with Gasteiger partial charge in [-0.1, -0.05) is 0 Å². The molecule has 0 unspecified atom stereocenters. The molecule has 0 amide bonds. The number of hydrogen-bond acceptors (Lipinski definition) is 3. The highest BCUT2D eigenvalue weighted by Gasteiger charge is 2.14. The molecule has 1 rings (SSSR count). The number of ether oxygens (including phenoxy) is 1. The van der Waals surface area contributed by atoms with Crippen molar-refractivity contribution in [2.45, 2.75) is 20.8 Å². The lowest BCUT2D eigenvalue weighted by Gasteiger charge is -2.13. The number of carbonyl (C=O) groups is 1. The number of ketones is 1. The third-order valence-electron chi connectivity index (χ3n) is 2.87. The number of nitrogens with zero attached hydrogens (tertiary/aromatic N) is 1. The van der Waals surface area contributed by atoms with Gasteiger partial charge in [-0.15, -0.1) is 0 Å².